The molecule has 1 heterocycles. The number of hydrogen-bond donors (Lipinski definition) is 1. The summed E-state index contributed by atoms with van der Waals surface area (Å²) < 4.78 is 5.13. The van der Waals surface area contributed by atoms with Gasteiger partial charge >= 0.3 is 5.97 Å². The van der Waals surface area contributed by atoms with Gasteiger partial charge in [0.25, 0.3) is 0 Å². The van der Waals surface area contributed by atoms with Crippen molar-refractivity contribution in [2.75, 3.05) is 13.3 Å². The molecule has 1 aromatic carbocycles. The van der Waals surface area contributed by atoms with Crippen molar-refractivity contribution in [1.29, 1.82) is 0 Å². The van der Waals surface area contributed by atoms with Gasteiger partial charge in [-0.1, -0.05) is 37.3 Å². The van der Waals surface area contributed by atoms with Crippen LogP contribution in [-0.4, -0.2) is 24.2 Å². The van der Waals surface area contributed by atoms with Gasteiger partial charge in [-0.2, -0.15) is 0 Å². The topological polar surface area (TPSA) is 51.2 Å². The van der Waals surface area contributed by atoms with Crippen LogP contribution >= 0.6 is 11.3 Å². The van der Waals surface area contributed by atoms with E-state index in [1.54, 1.807) is 5.38 Å². The van der Waals surface area contributed by atoms with E-state index in [1.807, 2.05) is 25.1 Å². The van der Waals surface area contributed by atoms with Crippen LogP contribution in [0.15, 0.2) is 35.7 Å². The molecule has 0 unspecified atom stereocenters. The number of nitrogens with zero attached hydrogens (tertiary/aromatic N) is 1. The number of carbonyl (C=O) groups excluding carboxylic acids is 1. The predicted octanol–water partition coefficient (Wildman–Crippen LogP) is 3.04. The summed E-state index contributed by atoms with van der Waals surface area (Å²) in [5.74, 6) is -0.360. The second-order valence-corrected chi connectivity index (χ2v) is 5.59. The van der Waals surface area contributed by atoms with Crippen molar-refractivity contribution >= 4 is 17.3 Å². The lowest BCUT2D eigenvalue weighted by Crippen LogP contribution is -2.22. The minimum absolute atomic E-state index is 0.229. The molecule has 0 saturated carbocycles. The number of rotatable bonds is 8. The summed E-state index contributed by atoms with van der Waals surface area (Å²) in [5, 5.41) is 5.81. The van der Waals surface area contributed by atoms with Gasteiger partial charge in [-0.3, -0.25) is 5.32 Å². The first-order chi connectivity index (χ1) is 10.3. The quantitative estimate of drug-likeness (QED) is 0.463. The smallest absolute Gasteiger partial charge is 0.359 e. The molecule has 0 spiro atoms. The molecule has 2 rings (SSSR count). The second-order valence-electron chi connectivity index (χ2n) is 4.65. The Kier molecular flexibility index (Phi) is 6.37. The van der Waals surface area contributed by atoms with Gasteiger partial charge in [-0.25, -0.2) is 9.78 Å². The zero-order chi connectivity index (χ0) is 14.9. The predicted molar refractivity (Wildman–Crippen MR) is 84.5 cm³/mol. The first kappa shape index (κ1) is 15.7. The van der Waals surface area contributed by atoms with Crippen LogP contribution in [0.2, 0.25) is 0 Å². The third-order valence-corrected chi connectivity index (χ3v) is 4.02. The molecule has 0 aliphatic carbocycles. The summed E-state index contributed by atoms with van der Waals surface area (Å²) in [5.41, 5.74) is 1.73. The lowest BCUT2D eigenvalue weighted by atomic mass is 10.1. The number of nitrogens with one attached hydrogen (secondary N) is 1. The Morgan fingerprint density at radius 2 is 2.14 bits per heavy atom. The molecule has 0 fully saturated rings. The van der Waals surface area contributed by atoms with Crippen molar-refractivity contribution in [3.8, 4) is 0 Å². The van der Waals surface area contributed by atoms with Gasteiger partial charge in [0.15, 0.2) is 5.69 Å². The van der Waals surface area contributed by atoms with Crippen molar-refractivity contribution in [3.05, 3.63) is 52.0 Å². The van der Waals surface area contributed by atoms with E-state index >= 15 is 0 Å². The Bertz CT molecular complexity index is 554. The molecule has 112 valence electrons. The maximum absolute atomic E-state index is 11.7. The Labute approximate surface area is 129 Å². The zero-order valence-corrected chi connectivity index (χ0v) is 13.0. The molecule has 21 heavy (non-hydrogen) atoms. The van der Waals surface area contributed by atoms with Crippen molar-refractivity contribution in [2.24, 2.45) is 0 Å². The first-order valence-corrected chi connectivity index (χ1v) is 8.03. The number of aryl methyl sites for hydroxylation is 2. The maximum atomic E-state index is 11.7. The highest BCUT2D eigenvalue weighted by Crippen LogP contribution is 2.10. The van der Waals surface area contributed by atoms with Crippen LogP contribution in [0.4, 0.5) is 0 Å². The molecule has 0 aliphatic heterocycles. The van der Waals surface area contributed by atoms with E-state index in [-0.39, 0.29) is 12.7 Å². The van der Waals surface area contributed by atoms with Gasteiger partial charge in [-0.15, -0.1) is 11.3 Å². The Morgan fingerprint density at radius 3 is 2.86 bits per heavy atom. The van der Waals surface area contributed by atoms with Gasteiger partial charge in [0.2, 0.25) is 0 Å². The fourth-order valence-electron chi connectivity index (χ4n) is 1.89. The fraction of sp³-hybridized carbons (Fsp3) is 0.375. The molecule has 4 nitrogen and oxygen atoms in total. The molecule has 1 aromatic heterocycles. The van der Waals surface area contributed by atoms with Crippen LogP contribution in [0.3, 0.4) is 0 Å². The van der Waals surface area contributed by atoms with Crippen molar-refractivity contribution in [2.45, 2.75) is 26.2 Å². The fourth-order valence-corrected chi connectivity index (χ4v) is 2.61. The van der Waals surface area contributed by atoms with Gasteiger partial charge in [-0.05, 0) is 31.4 Å². The summed E-state index contributed by atoms with van der Waals surface area (Å²) >= 11 is 1.49. The Balaban J connectivity index is 1.58. The van der Waals surface area contributed by atoms with Crippen LogP contribution in [0.25, 0.3) is 0 Å². The summed E-state index contributed by atoms with van der Waals surface area (Å²) in [4.78, 5) is 15.9. The maximum Gasteiger partial charge on any atom is 0.359 e. The standard InChI is InChI=1S/C16H20N2O2S/c1-2-15-18-14(11-21-15)16(19)20-12-17-10-6-9-13-7-4-3-5-8-13/h3-5,7-8,11,17H,2,6,9-10,12H2,1H3. The van der Waals surface area contributed by atoms with Crippen LogP contribution in [0.1, 0.15) is 34.4 Å². The molecule has 0 bridgehead atoms. The normalized spacial score (nSPS) is 10.5. The van der Waals surface area contributed by atoms with Crippen molar-refractivity contribution in [1.82, 2.24) is 10.3 Å². The minimum Gasteiger partial charge on any atom is -0.445 e. The highest BCUT2D eigenvalue weighted by Gasteiger charge is 2.10. The Morgan fingerprint density at radius 1 is 1.33 bits per heavy atom. The largest absolute Gasteiger partial charge is 0.445 e. The van der Waals surface area contributed by atoms with Crippen LogP contribution in [-0.2, 0) is 17.6 Å². The lowest BCUT2D eigenvalue weighted by molar-refractivity contribution is 0.0466. The minimum atomic E-state index is -0.360. The number of aromatic nitrogens is 1. The highest BCUT2D eigenvalue weighted by molar-refractivity contribution is 7.09. The summed E-state index contributed by atoms with van der Waals surface area (Å²) in [7, 11) is 0. The van der Waals surface area contributed by atoms with Gasteiger partial charge in [0.05, 0.1) is 5.01 Å². The van der Waals surface area contributed by atoms with E-state index in [9.17, 15) is 4.79 Å². The van der Waals surface area contributed by atoms with Gasteiger partial charge in [0.1, 0.15) is 6.73 Å². The Hall–Kier alpha value is -1.72. The lowest BCUT2D eigenvalue weighted by Gasteiger charge is -2.05. The number of benzene rings is 1. The summed E-state index contributed by atoms with van der Waals surface area (Å²) in [6.07, 6.45) is 2.88. The highest BCUT2D eigenvalue weighted by atomic mass is 32.1. The molecule has 0 atom stereocenters. The van der Waals surface area contributed by atoms with E-state index in [1.165, 1.54) is 16.9 Å². The second kappa shape index (κ2) is 8.54. The molecule has 1 N–H and O–H groups in total. The average molecular weight is 304 g/mol. The number of carbonyl (C=O) groups is 1. The van der Waals surface area contributed by atoms with Crippen LogP contribution < -0.4 is 5.32 Å². The van der Waals surface area contributed by atoms with E-state index in [0.29, 0.717) is 5.69 Å². The number of esters is 1. The molecular weight excluding hydrogens is 284 g/mol. The molecule has 0 amide bonds. The monoisotopic (exact) mass is 304 g/mol. The third kappa shape index (κ3) is 5.28. The van der Waals surface area contributed by atoms with Gasteiger partial charge in [0, 0.05) is 5.38 Å². The molecule has 2 aromatic rings. The average Bonchev–Trinajstić information content (AvgIpc) is 3.00. The number of ether oxygens (including phenoxy) is 1. The molecular formula is C16H20N2O2S. The number of hydrogen-bond acceptors (Lipinski definition) is 5. The van der Waals surface area contributed by atoms with E-state index in [4.69, 9.17) is 4.74 Å². The van der Waals surface area contributed by atoms with Crippen molar-refractivity contribution in [3.63, 3.8) is 0 Å². The SMILES string of the molecule is CCc1nc(C(=O)OCNCCCc2ccccc2)cs1. The van der Waals surface area contributed by atoms with E-state index in [2.05, 4.69) is 22.4 Å². The molecule has 0 radical (unpaired) electrons. The summed E-state index contributed by atoms with van der Waals surface area (Å²) in [6, 6.07) is 10.3. The molecule has 0 saturated heterocycles. The van der Waals surface area contributed by atoms with E-state index in [0.717, 1.165) is 30.8 Å². The number of thiazole rings is 1. The third-order valence-electron chi connectivity index (χ3n) is 3.03. The first-order valence-electron chi connectivity index (χ1n) is 7.15. The molecule has 0 aliphatic rings. The summed E-state index contributed by atoms with van der Waals surface area (Å²) in [6.45, 7) is 3.06. The van der Waals surface area contributed by atoms with Gasteiger partial charge < -0.3 is 4.74 Å². The van der Waals surface area contributed by atoms with Crippen molar-refractivity contribution < 1.29 is 9.53 Å². The zero-order valence-electron chi connectivity index (χ0n) is 12.2. The van der Waals surface area contributed by atoms with E-state index < -0.39 is 0 Å². The van der Waals surface area contributed by atoms with Crippen LogP contribution in [0.5, 0.6) is 0 Å². The molecule has 5 heteroatoms. The van der Waals surface area contributed by atoms with Crippen LogP contribution in [0, 0.1) is 0 Å².